The first-order chi connectivity index (χ1) is 10.6. The van der Waals surface area contributed by atoms with E-state index in [0.29, 0.717) is 18.2 Å². The zero-order chi connectivity index (χ0) is 15.5. The number of nitrogens with zero attached hydrogens (tertiary/aromatic N) is 4. The summed E-state index contributed by atoms with van der Waals surface area (Å²) >= 11 is 1.39. The molecule has 1 fully saturated rings. The molecule has 6 nitrogen and oxygen atoms in total. The summed E-state index contributed by atoms with van der Waals surface area (Å²) < 4.78 is 0. The maximum Gasteiger partial charge on any atom is 0.323 e. The minimum atomic E-state index is -0.0967. The van der Waals surface area contributed by atoms with Crippen molar-refractivity contribution < 1.29 is 4.79 Å². The van der Waals surface area contributed by atoms with Gasteiger partial charge in [-0.3, -0.25) is 5.32 Å². The van der Waals surface area contributed by atoms with Gasteiger partial charge in [0.05, 0.1) is 0 Å². The monoisotopic (exact) mass is 317 g/mol. The van der Waals surface area contributed by atoms with E-state index in [1.54, 1.807) is 0 Å². The molecule has 0 radical (unpaired) electrons. The van der Waals surface area contributed by atoms with Crippen molar-refractivity contribution in [2.75, 3.05) is 36.4 Å². The Labute approximate surface area is 133 Å². The fourth-order valence-electron chi connectivity index (χ4n) is 2.59. The zero-order valence-electron chi connectivity index (χ0n) is 12.7. The molecular weight excluding hydrogens is 298 g/mol. The summed E-state index contributed by atoms with van der Waals surface area (Å²) in [6.45, 7) is 7.08. The van der Waals surface area contributed by atoms with Gasteiger partial charge in [-0.2, -0.15) is 0 Å². The van der Waals surface area contributed by atoms with Crippen LogP contribution in [0.2, 0.25) is 0 Å². The predicted octanol–water partition coefficient (Wildman–Crippen LogP) is 2.51. The quantitative estimate of drug-likeness (QED) is 0.924. The van der Waals surface area contributed by atoms with Crippen LogP contribution in [0.15, 0.2) is 24.3 Å². The lowest BCUT2D eigenvalue weighted by Crippen LogP contribution is -2.50. The van der Waals surface area contributed by atoms with Crippen molar-refractivity contribution in [3.63, 3.8) is 0 Å². The van der Waals surface area contributed by atoms with Gasteiger partial charge >= 0.3 is 6.03 Å². The Bertz CT molecular complexity index is 663. The molecule has 7 heteroatoms. The van der Waals surface area contributed by atoms with Crippen LogP contribution in [0.4, 0.5) is 15.6 Å². The predicted molar refractivity (Wildman–Crippen MR) is 88.6 cm³/mol. The molecule has 22 heavy (non-hydrogen) atoms. The maximum absolute atomic E-state index is 12.2. The highest BCUT2D eigenvalue weighted by Crippen LogP contribution is 2.21. The first kappa shape index (κ1) is 14.8. The molecule has 116 valence electrons. The van der Waals surface area contributed by atoms with E-state index >= 15 is 0 Å². The molecule has 2 amide bonds. The molecule has 0 unspecified atom stereocenters. The summed E-state index contributed by atoms with van der Waals surface area (Å²) in [5.41, 5.74) is 2.52. The Morgan fingerprint density at radius 1 is 1.14 bits per heavy atom. The van der Waals surface area contributed by atoms with Crippen molar-refractivity contribution in [2.45, 2.75) is 13.8 Å². The molecule has 1 saturated heterocycles. The van der Waals surface area contributed by atoms with Crippen molar-refractivity contribution in [2.24, 2.45) is 0 Å². The largest absolute Gasteiger partial charge is 0.368 e. The topological polar surface area (TPSA) is 61.4 Å². The summed E-state index contributed by atoms with van der Waals surface area (Å²) in [6, 6.07) is 8.26. The van der Waals surface area contributed by atoms with Crippen molar-refractivity contribution in [3.8, 4) is 0 Å². The number of benzene rings is 1. The summed E-state index contributed by atoms with van der Waals surface area (Å²) in [5.74, 6) is 0. The van der Waals surface area contributed by atoms with Crippen molar-refractivity contribution in [1.29, 1.82) is 0 Å². The first-order valence-corrected chi connectivity index (χ1v) is 8.12. The number of carbonyl (C=O) groups excluding carboxylic acids is 1. The summed E-state index contributed by atoms with van der Waals surface area (Å²) in [5, 5.41) is 12.0. The second-order valence-electron chi connectivity index (χ2n) is 5.32. The van der Waals surface area contributed by atoms with E-state index in [2.05, 4.69) is 45.5 Å². The second-order valence-corrected chi connectivity index (χ2v) is 6.50. The second kappa shape index (κ2) is 6.31. The number of aromatic nitrogens is 2. The van der Waals surface area contributed by atoms with Gasteiger partial charge in [-0.1, -0.05) is 29.5 Å². The number of anilines is 2. The average Bonchev–Trinajstić information content (AvgIpc) is 2.93. The molecule has 1 aromatic heterocycles. The number of piperazine rings is 1. The van der Waals surface area contributed by atoms with E-state index in [1.165, 1.54) is 22.6 Å². The van der Waals surface area contributed by atoms with Crippen LogP contribution in [0.5, 0.6) is 0 Å². The number of para-hydroxylation sites is 1. The van der Waals surface area contributed by atoms with Gasteiger partial charge in [-0.15, -0.1) is 10.2 Å². The molecule has 0 aliphatic carbocycles. The minimum Gasteiger partial charge on any atom is -0.368 e. The van der Waals surface area contributed by atoms with Gasteiger partial charge < -0.3 is 9.80 Å². The number of amides is 2. The van der Waals surface area contributed by atoms with Gasteiger partial charge in [0.25, 0.3) is 0 Å². The Kier molecular flexibility index (Phi) is 4.24. The van der Waals surface area contributed by atoms with E-state index < -0.39 is 0 Å². The van der Waals surface area contributed by atoms with Crippen LogP contribution in [0, 0.1) is 13.8 Å². The van der Waals surface area contributed by atoms with Gasteiger partial charge in [0, 0.05) is 31.9 Å². The number of hydrogen-bond acceptors (Lipinski definition) is 5. The third-order valence-corrected chi connectivity index (χ3v) is 4.52. The molecule has 3 rings (SSSR count). The van der Waals surface area contributed by atoms with E-state index in [0.717, 1.165) is 18.1 Å². The Hall–Kier alpha value is -2.15. The Morgan fingerprint density at radius 2 is 1.86 bits per heavy atom. The number of carbonyl (C=O) groups is 1. The molecule has 0 atom stereocenters. The van der Waals surface area contributed by atoms with Crippen molar-refractivity contribution in [1.82, 2.24) is 15.1 Å². The molecular formula is C15H19N5OS. The number of urea groups is 1. The summed E-state index contributed by atoms with van der Waals surface area (Å²) in [7, 11) is 0. The fourth-order valence-corrected chi connectivity index (χ4v) is 3.17. The average molecular weight is 317 g/mol. The third-order valence-electron chi connectivity index (χ3n) is 3.76. The number of aryl methyl sites for hydroxylation is 2. The van der Waals surface area contributed by atoms with Gasteiger partial charge in [-0.25, -0.2) is 4.79 Å². The summed E-state index contributed by atoms with van der Waals surface area (Å²) in [6.07, 6.45) is 0. The molecule has 1 N–H and O–H groups in total. The number of hydrogen-bond donors (Lipinski definition) is 1. The molecule has 1 aliphatic rings. The fraction of sp³-hybridized carbons (Fsp3) is 0.400. The van der Waals surface area contributed by atoms with Gasteiger partial charge in [-0.05, 0) is 25.5 Å². The van der Waals surface area contributed by atoms with Crippen molar-refractivity contribution in [3.05, 3.63) is 34.8 Å². The smallest absolute Gasteiger partial charge is 0.323 e. The van der Waals surface area contributed by atoms with Crippen LogP contribution in [0.3, 0.4) is 0 Å². The maximum atomic E-state index is 12.2. The molecule has 0 saturated carbocycles. The van der Waals surface area contributed by atoms with E-state index in [-0.39, 0.29) is 6.03 Å². The van der Waals surface area contributed by atoms with Crippen LogP contribution in [-0.2, 0) is 0 Å². The first-order valence-electron chi connectivity index (χ1n) is 7.30. The van der Waals surface area contributed by atoms with Crippen LogP contribution >= 0.6 is 11.3 Å². The highest BCUT2D eigenvalue weighted by Gasteiger charge is 2.22. The molecule has 1 aromatic carbocycles. The lowest BCUT2D eigenvalue weighted by molar-refractivity contribution is 0.208. The standard InChI is InChI=1S/C15H19N5OS/c1-11-5-3-4-6-13(11)19-7-9-20(10-8-19)15(21)16-14-18-17-12(2)22-14/h3-6H,7-10H2,1-2H3,(H,16,18,21). The van der Waals surface area contributed by atoms with Crippen LogP contribution in [0.25, 0.3) is 0 Å². The van der Waals surface area contributed by atoms with Crippen LogP contribution in [-0.4, -0.2) is 47.3 Å². The highest BCUT2D eigenvalue weighted by atomic mass is 32.1. The van der Waals surface area contributed by atoms with E-state index in [4.69, 9.17) is 0 Å². The lowest BCUT2D eigenvalue weighted by Gasteiger charge is -2.36. The van der Waals surface area contributed by atoms with Crippen molar-refractivity contribution >= 4 is 28.2 Å². The van der Waals surface area contributed by atoms with Crippen LogP contribution in [0.1, 0.15) is 10.6 Å². The SMILES string of the molecule is Cc1nnc(NC(=O)N2CCN(c3ccccc3C)CC2)s1. The molecule has 1 aliphatic heterocycles. The number of rotatable bonds is 2. The summed E-state index contributed by atoms with van der Waals surface area (Å²) in [4.78, 5) is 16.4. The normalized spacial score (nSPS) is 15.0. The molecule has 2 heterocycles. The number of nitrogens with one attached hydrogen (secondary N) is 1. The molecule has 2 aromatic rings. The van der Waals surface area contributed by atoms with E-state index in [9.17, 15) is 4.79 Å². The third kappa shape index (κ3) is 3.19. The molecule has 0 bridgehead atoms. The van der Waals surface area contributed by atoms with Gasteiger partial charge in [0.15, 0.2) is 0 Å². The Balaban J connectivity index is 1.57. The van der Waals surface area contributed by atoms with Crippen LogP contribution < -0.4 is 10.2 Å². The molecule has 0 spiro atoms. The zero-order valence-corrected chi connectivity index (χ0v) is 13.6. The highest BCUT2D eigenvalue weighted by molar-refractivity contribution is 7.15. The van der Waals surface area contributed by atoms with Gasteiger partial charge in [0.2, 0.25) is 5.13 Å². The van der Waals surface area contributed by atoms with E-state index in [1.807, 2.05) is 17.9 Å². The minimum absolute atomic E-state index is 0.0967. The Morgan fingerprint density at radius 3 is 2.50 bits per heavy atom. The van der Waals surface area contributed by atoms with Gasteiger partial charge in [0.1, 0.15) is 5.01 Å². The lowest BCUT2D eigenvalue weighted by atomic mass is 10.1.